The van der Waals surface area contributed by atoms with Crippen LogP contribution in [0.5, 0.6) is 0 Å². The van der Waals surface area contributed by atoms with Crippen LogP contribution in [0.2, 0.25) is 0 Å². The summed E-state index contributed by atoms with van der Waals surface area (Å²) >= 11 is 4.82. The van der Waals surface area contributed by atoms with Crippen molar-refractivity contribution >= 4 is 22.6 Å². The molecule has 0 unspecified atom stereocenters. The molecule has 1 rings (SSSR count). The van der Waals surface area contributed by atoms with Crippen LogP contribution in [0.1, 0.15) is 15.9 Å². The lowest BCUT2D eigenvalue weighted by Crippen LogP contribution is -2.16. The van der Waals surface area contributed by atoms with E-state index in [2.05, 4.69) is 6.07 Å². The maximum absolute atomic E-state index is 12.3. The molecule has 0 aromatic heterocycles. The summed E-state index contributed by atoms with van der Waals surface area (Å²) in [5.74, 6) is -1.38. The van der Waals surface area contributed by atoms with Gasteiger partial charge in [0.15, 0.2) is 0 Å². The number of halogens is 4. The van der Waals surface area contributed by atoms with E-state index in [4.69, 9.17) is 11.6 Å². The number of rotatable bonds is 2. The molecule has 6 heteroatoms. The van der Waals surface area contributed by atoms with Crippen molar-refractivity contribution in [1.82, 2.24) is 0 Å². The molecule has 0 aliphatic rings. The zero-order chi connectivity index (χ0) is 11.6. The maximum atomic E-state index is 12.3. The van der Waals surface area contributed by atoms with Gasteiger partial charge in [-0.3, -0.25) is 9.59 Å². The molecule has 15 heavy (non-hydrogen) atoms. The first kappa shape index (κ1) is 11.7. The largest absolute Gasteiger partial charge is 0.417 e. The molecule has 0 fully saturated rings. The standard InChI is InChI=1S/C9H3ClF3O2/c10-8(15)7(14)5-3-1-2-4-6(5)9(11,12)13/h1,3-4H. The van der Waals surface area contributed by atoms with Crippen molar-refractivity contribution in [3.05, 3.63) is 35.4 Å². The van der Waals surface area contributed by atoms with Crippen LogP contribution in [0.25, 0.3) is 0 Å². The van der Waals surface area contributed by atoms with Gasteiger partial charge in [0.1, 0.15) is 0 Å². The fourth-order valence-electron chi connectivity index (χ4n) is 0.969. The maximum Gasteiger partial charge on any atom is 0.417 e. The van der Waals surface area contributed by atoms with E-state index >= 15 is 0 Å². The number of alkyl halides is 3. The second-order valence-electron chi connectivity index (χ2n) is 2.57. The van der Waals surface area contributed by atoms with Crippen LogP contribution in [-0.4, -0.2) is 11.0 Å². The van der Waals surface area contributed by atoms with Crippen molar-refractivity contribution in [2.24, 2.45) is 0 Å². The summed E-state index contributed by atoms with van der Waals surface area (Å²) in [5, 5.41) is -1.45. The molecule has 1 aromatic carbocycles. The average Bonchev–Trinajstić information content (AvgIpc) is 2.15. The molecule has 0 bridgehead atoms. The minimum Gasteiger partial charge on any atom is -0.284 e. The fraction of sp³-hybridized carbons (Fsp3) is 0.111. The minimum absolute atomic E-state index is 0.590. The van der Waals surface area contributed by atoms with E-state index in [0.717, 1.165) is 12.1 Å². The van der Waals surface area contributed by atoms with Crippen molar-refractivity contribution in [1.29, 1.82) is 0 Å². The van der Waals surface area contributed by atoms with E-state index in [9.17, 15) is 22.8 Å². The van der Waals surface area contributed by atoms with Gasteiger partial charge >= 0.3 is 6.18 Å². The average molecular weight is 236 g/mol. The van der Waals surface area contributed by atoms with Gasteiger partial charge in [-0.05, 0) is 29.8 Å². The minimum atomic E-state index is -4.71. The first-order valence-corrected chi connectivity index (χ1v) is 4.03. The number of carbonyl (C=O) groups is 2. The highest BCUT2D eigenvalue weighted by Crippen LogP contribution is 2.32. The number of benzene rings is 1. The predicted octanol–water partition coefficient (Wildman–Crippen LogP) is 2.45. The zero-order valence-corrected chi connectivity index (χ0v) is 7.82. The SMILES string of the molecule is O=C(Cl)C(=O)c1cc[c]cc1C(F)(F)F. The summed E-state index contributed by atoms with van der Waals surface area (Å²) in [4.78, 5) is 21.5. The third-order valence-corrected chi connectivity index (χ3v) is 1.76. The lowest BCUT2D eigenvalue weighted by atomic mass is 10.0. The molecule has 79 valence electrons. The quantitative estimate of drug-likeness (QED) is 0.448. The van der Waals surface area contributed by atoms with Crippen molar-refractivity contribution in [3.63, 3.8) is 0 Å². The Morgan fingerprint density at radius 3 is 2.40 bits per heavy atom. The Morgan fingerprint density at radius 2 is 1.93 bits per heavy atom. The van der Waals surface area contributed by atoms with E-state index in [1.165, 1.54) is 0 Å². The number of ketones is 1. The molecular formula is C9H3ClF3O2. The Balaban J connectivity index is 3.31. The molecule has 0 N–H and O–H groups in total. The van der Waals surface area contributed by atoms with Crippen molar-refractivity contribution < 1.29 is 22.8 Å². The van der Waals surface area contributed by atoms with Gasteiger partial charge in [-0.15, -0.1) is 0 Å². The van der Waals surface area contributed by atoms with Crippen LogP contribution in [0.15, 0.2) is 18.2 Å². The molecule has 0 aliphatic heterocycles. The molecule has 1 aromatic rings. The van der Waals surface area contributed by atoms with E-state index < -0.39 is 28.3 Å². The summed E-state index contributed by atoms with van der Waals surface area (Å²) in [6, 6.07) is 4.72. The normalized spacial score (nSPS) is 11.2. The summed E-state index contributed by atoms with van der Waals surface area (Å²) in [6.45, 7) is 0. The molecule has 0 saturated carbocycles. The van der Waals surface area contributed by atoms with E-state index in [0.29, 0.717) is 6.07 Å². The highest BCUT2D eigenvalue weighted by Gasteiger charge is 2.35. The highest BCUT2D eigenvalue weighted by molar-refractivity contribution is 6.83. The summed E-state index contributed by atoms with van der Waals surface area (Å²) in [7, 11) is 0. The Hall–Kier alpha value is -1.36. The van der Waals surface area contributed by atoms with Gasteiger partial charge in [0.05, 0.1) is 5.56 Å². The molecule has 1 radical (unpaired) electrons. The number of carbonyl (C=O) groups excluding carboxylic acids is 2. The van der Waals surface area contributed by atoms with Crippen molar-refractivity contribution in [3.8, 4) is 0 Å². The third-order valence-electron chi connectivity index (χ3n) is 1.59. The Labute approximate surface area is 87.6 Å². The van der Waals surface area contributed by atoms with Gasteiger partial charge in [-0.2, -0.15) is 13.2 Å². The first-order valence-electron chi connectivity index (χ1n) is 3.65. The smallest absolute Gasteiger partial charge is 0.284 e. The van der Waals surface area contributed by atoms with Crippen molar-refractivity contribution in [2.75, 3.05) is 0 Å². The zero-order valence-electron chi connectivity index (χ0n) is 7.06. The topological polar surface area (TPSA) is 34.1 Å². The van der Waals surface area contributed by atoms with Crippen LogP contribution in [0.4, 0.5) is 13.2 Å². The lowest BCUT2D eigenvalue weighted by Gasteiger charge is -2.09. The van der Waals surface area contributed by atoms with E-state index in [1.807, 2.05) is 0 Å². The Kier molecular flexibility index (Phi) is 3.14. The first-order chi connectivity index (χ1) is 6.84. The predicted molar refractivity (Wildman–Crippen MR) is 45.5 cm³/mol. The molecule has 0 aliphatic carbocycles. The number of Topliss-reactive ketones (excluding diaryl/α,β-unsaturated/α-hetero) is 1. The van der Waals surface area contributed by atoms with E-state index in [1.54, 1.807) is 0 Å². The summed E-state index contributed by atoms with van der Waals surface area (Å²) < 4.78 is 37.0. The van der Waals surface area contributed by atoms with E-state index in [-0.39, 0.29) is 0 Å². The second kappa shape index (κ2) is 4.02. The van der Waals surface area contributed by atoms with Crippen LogP contribution in [0, 0.1) is 6.07 Å². The monoisotopic (exact) mass is 235 g/mol. The van der Waals surface area contributed by atoms with Crippen LogP contribution < -0.4 is 0 Å². The van der Waals surface area contributed by atoms with Crippen molar-refractivity contribution in [2.45, 2.75) is 6.18 Å². The van der Waals surface area contributed by atoms with Crippen LogP contribution in [0.3, 0.4) is 0 Å². The molecule has 0 saturated heterocycles. The molecule has 0 heterocycles. The van der Waals surface area contributed by atoms with Crippen LogP contribution in [-0.2, 0) is 11.0 Å². The molecule has 0 amide bonds. The van der Waals surface area contributed by atoms with Gasteiger partial charge in [-0.1, -0.05) is 6.07 Å². The number of hydrogen-bond acceptors (Lipinski definition) is 2. The Morgan fingerprint density at radius 1 is 1.33 bits per heavy atom. The fourth-order valence-corrected chi connectivity index (χ4v) is 1.07. The highest BCUT2D eigenvalue weighted by atomic mass is 35.5. The van der Waals surface area contributed by atoms with Crippen LogP contribution >= 0.6 is 11.6 Å². The molecular weight excluding hydrogens is 233 g/mol. The summed E-state index contributed by atoms with van der Waals surface area (Å²) in [5.41, 5.74) is -1.98. The molecule has 0 spiro atoms. The molecule has 2 nitrogen and oxygen atoms in total. The molecule has 0 atom stereocenters. The third kappa shape index (κ3) is 2.56. The van der Waals surface area contributed by atoms with Gasteiger partial charge in [0.25, 0.3) is 5.24 Å². The number of hydrogen-bond donors (Lipinski definition) is 0. The van der Waals surface area contributed by atoms with Gasteiger partial charge in [0.2, 0.25) is 5.78 Å². The Bertz CT molecular complexity index is 412. The lowest BCUT2D eigenvalue weighted by molar-refractivity contribution is -0.137. The second-order valence-corrected chi connectivity index (χ2v) is 2.92. The van der Waals surface area contributed by atoms with Gasteiger partial charge < -0.3 is 0 Å². The summed E-state index contributed by atoms with van der Waals surface area (Å²) in [6.07, 6.45) is -4.71. The van der Waals surface area contributed by atoms with Gasteiger partial charge in [-0.25, -0.2) is 0 Å². The van der Waals surface area contributed by atoms with Gasteiger partial charge in [0, 0.05) is 5.56 Å².